The number of halogens is 4. The number of benzene rings is 5. The fraction of sp³-hybridized carbons (Fsp3) is 0.308. The van der Waals surface area contributed by atoms with Crippen molar-refractivity contribution in [1.29, 1.82) is 0 Å². The van der Waals surface area contributed by atoms with Crippen molar-refractivity contribution in [2.45, 2.75) is 25.7 Å². The second-order valence-corrected chi connectivity index (χ2v) is 17.0. The number of likely N-dealkylation sites (tertiary alicyclic amines) is 2. The average molecular weight is 933 g/mol. The van der Waals surface area contributed by atoms with Gasteiger partial charge in [0.2, 0.25) is 23.6 Å². The molecule has 354 valence electrons. The first-order chi connectivity index (χ1) is 32.9. The molecule has 0 aliphatic carbocycles. The van der Waals surface area contributed by atoms with E-state index in [1.54, 1.807) is 72.8 Å². The van der Waals surface area contributed by atoms with E-state index in [1.807, 2.05) is 0 Å². The van der Waals surface area contributed by atoms with Gasteiger partial charge in [-0.3, -0.25) is 28.8 Å². The van der Waals surface area contributed by atoms with Crippen molar-refractivity contribution in [3.05, 3.63) is 178 Å². The smallest absolute Gasteiger partial charge is 0.253 e. The topological polar surface area (TPSA) is 157 Å². The monoisotopic (exact) mass is 932 g/mol. The summed E-state index contributed by atoms with van der Waals surface area (Å²) in [5, 5.41) is 11.1. The number of carbonyl (C=O) groups is 6. The lowest BCUT2D eigenvalue weighted by molar-refractivity contribution is -0.132. The fourth-order valence-corrected chi connectivity index (χ4v) is 8.73. The van der Waals surface area contributed by atoms with Gasteiger partial charge in [0.25, 0.3) is 11.8 Å². The largest absolute Gasteiger partial charge is 0.355 e. The Morgan fingerprint density at radius 3 is 0.809 bits per heavy atom. The highest BCUT2D eigenvalue weighted by Crippen LogP contribution is 2.28. The summed E-state index contributed by atoms with van der Waals surface area (Å²) < 4.78 is 57.1. The van der Waals surface area contributed by atoms with Crippen LogP contribution in [0, 0.1) is 46.9 Å². The second-order valence-electron chi connectivity index (χ2n) is 17.0. The molecule has 7 rings (SSSR count). The van der Waals surface area contributed by atoms with Gasteiger partial charge in [0, 0.05) is 63.5 Å². The maximum atomic E-state index is 14.3. The van der Waals surface area contributed by atoms with Crippen LogP contribution in [0.5, 0.6) is 0 Å². The third-order valence-electron chi connectivity index (χ3n) is 12.5. The van der Waals surface area contributed by atoms with Crippen LogP contribution in [-0.4, -0.2) is 97.6 Å². The van der Waals surface area contributed by atoms with Crippen LogP contribution >= 0.6 is 0 Å². The minimum absolute atomic E-state index is 0.0835. The second kappa shape index (κ2) is 22.9. The third-order valence-corrected chi connectivity index (χ3v) is 12.5. The normalized spacial score (nSPS) is 17.6. The molecule has 0 unspecified atom stereocenters. The SMILES string of the molecule is O=C(NCCc1ccccc1F)[C@@H]1CN(C(=O)c2ccc(C(=O)N3C[C@@H](C(=O)NCCc4ccccc4F)[C@H](C(=O)NCCc4ccccc4F)C3)cc2)C[C@H]1C(=O)NCCc1ccccc1F. The number of rotatable bonds is 18. The molecule has 12 nitrogen and oxygen atoms in total. The molecule has 0 aromatic heterocycles. The molecule has 0 saturated carbocycles. The quantitative estimate of drug-likeness (QED) is 0.0902. The predicted molar refractivity (Wildman–Crippen MR) is 245 cm³/mol. The highest BCUT2D eigenvalue weighted by atomic mass is 19.1. The van der Waals surface area contributed by atoms with Crippen LogP contribution in [-0.2, 0) is 44.9 Å². The molecule has 2 heterocycles. The van der Waals surface area contributed by atoms with Gasteiger partial charge in [-0.2, -0.15) is 0 Å². The number of hydrogen-bond donors (Lipinski definition) is 4. The van der Waals surface area contributed by atoms with Gasteiger partial charge in [0.05, 0.1) is 23.7 Å². The Balaban J connectivity index is 1.00. The predicted octanol–water partition coefficient (Wildman–Crippen LogP) is 5.06. The lowest BCUT2D eigenvalue weighted by atomic mass is 9.94. The molecule has 16 heteroatoms. The molecular weight excluding hydrogens is 881 g/mol. The summed E-state index contributed by atoms with van der Waals surface area (Å²) in [6, 6.07) is 30.5. The van der Waals surface area contributed by atoms with Gasteiger partial charge in [-0.1, -0.05) is 72.8 Å². The van der Waals surface area contributed by atoms with Crippen molar-refractivity contribution < 1.29 is 46.3 Å². The first kappa shape index (κ1) is 48.6. The number of carbonyl (C=O) groups excluding carboxylic acids is 6. The Hall–Kier alpha value is -7.36. The van der Waals surface area contributed by atoms with Gasteiger partial charge in [-0.15, -0.1) is 0 Å². The summed E-state index contributed by atoms with van der Waals surface area (Å²) >= 11 is 0. The van der Waals surface area contributed by atoms with Crippen molar-refractivity contribution in [2.75, 3.05) is 52.4 Å². The zero-order valence-electron chi connectivity index (χ0n) is 37.2. The van der Waals surface area contributed by atoms with Gasteiger partial charge >= 0.3 is 0 Å². The van der Waals surface area contributed by atoms with Crippen molar-refractivity contribution in [3.8, 4) is 0 Å². The van der Waals surface area contributed by atoms with Crippen LogP contribution in [0.1, 0.15) is 43.0 Å². The maximum Gasteiger partial charge on any atom is 0.253 e. The molecule has 5 aromatic carbocycles. The van der Waals surface area contributed by atoms with Crippen molar-refractivity contribution in [3.63, 3.8) is 0 Å². The summed E-state index contributed by atoms with van der Waals surface area (Å²) in [7, 11) is 0. The van der Waals surface area contributed by atoms with Gasteiger partial charge in [-0.25, -0.2) is 17.6 Å². The summed E-state index contributed by atoms with van der Waals surface area (Å²) in [6.45, 7) is -0.120. The minimum Gasteiger partial charge on any atom is -0.355 e. The van der Waals surface area contributed by atoms with Crippen LogP contribution in [0.15, 0.2) is 121 Å². The Morgan fingerprint density at radius 1 is 0.368 bits per heavy atom. The Bertz CT molecular complexity index is 2310. The molecule has 4 atom stereocenters. The zero-order valence-corrected chi connectivity index (χ0v) is 37.2. The van der Waals surface area contributed by atoms with E-state index >= 15 is 0 Å². The Labute approximate surface area is 391 Å². The van der Waals surface area contributed by atoms with Gasteiger partial charge in [-0.05, 0) is 96.5 Å². The van der Waals surface area contributed by atoms with Crippen LogP contribution in [0.2, 0.25) is 0 Å². The molecule has 0 spiro atoms. The standard InChI is InChI=1S/C52H52F4N6O6/c53-43-13-5-1-9-33(43)21-25-57-47(63)39-29-61(30-40(39)48(64)58-26-22-34-10-2-6-14-44(34)54)51(67)37-17-19-38(20-18-37)52(68)62-31-41(49(65)59-27-23-35-11-3-7-15-45(35)55)42(32-62)50(66)60-28-24-36-12-4-8-16-46(36)56/h1-20,39-42H,21-32H2,(H,57,63)(H,58,64)(H,59,65)(H,60,66)/t39-,40-,41-,42-/m1/s1. The molecular formula is C52H52F4N6O6. The van der Waals surface area contributed by atoms with E-state index in [0.717, 1.165) is 0 Å². The van der Waals surface area contributed by atoms with E-state index < -0.39 is 82.4 Å². The highest BCUT2D eigenvalue weighted by Gasteiger charge is 2.45. The molecule has 2 aliphatic heterocycles. The molecule has 5 aromatic rings. The molecule has 4 N–H and O–H groups in total. The molecule has 0 bridgehead atoms. The van der Waals surface area contributed by atoms with E-state index in [2.05, 4.69) is 21.3 Å². The summed E-state index contributed by atoms with van der Waals surface area (Å²) in [6.07, 6.45) is 0.800. The maximum absolute atomic E-state index is 14.3. The lowest BCUT2D eigenvalue weighted by Gasteiger charge is -2.18. The average Bonchev–Trinajstić information content (AvgIpc) is 4.00. The molecule has 2 saturated heterocycles. The minimum atomic E-state index is -0.960. The van der Waals surface area contributed by atoms with Crippen LogP contribution < -0.4 is 21.3 Å². The van der Waals surface area contributed by atoms with Gasteiger partial charge in [0.1, 0.15) is 23.3 Å². The van der Waals surface area contributed by atoms with Gasteiger partial charge in [0.15, 0.2) is 0 Å². The molecule has 2 fully saturated rings. The van der Waals surface area contributed by atoms with Crippen molar-refractivity contribution in [2.24, 2.45) is 23.7 Å². The molecule has 6 amide bonds. The first-order valence-corrected chi connectivity index (χ1v) is 22.6. The fourth-order valence-electron chi connectivity index (χ4n) is 8.73. The summed E-state index contributed by atoms with van der Waals surface area (Å²) in [5.74, 6) is -8.48. The zero-order chi connectivity index (χ0) is 48.2. The number of hydrogen-bond acceptors (Lipinski definition) is 6. The summed E-state index contributed by atoms with van der Waals surface area (Å²) in [4.78, 5) is 85.1. The number of amides is 6. The van der Waals surface area contributed by atoms with Crippen LogP contribution in [0.3, 0.4) is 0 Å². The third kappa shape index (κ3) is 12.1. The Morgan fingerprint density at radius 2 is 0.588 bits per heavy atom. The number of nitrogens with zero attached hydrogens (tertiary/aromatic N) is 2. The van der Waals surface area contributed by atoms with E-state index in [4.69, 9.17) is 0 Å². The van der Waals surface area contributed by atoms with E-state index in [1.165, 1.54) is 58.3 Å². The molecule has 0 radical (unpaired) electrons. The first-order valence-electron chi connectivity index (χ1n) is 22.6. The van der Waals surface area contributed by atoms with Crippen molar-refractivity contribution >= 4 is 35.4 Å². The molecule has 68 heavy (non-hydrogen) atoms. The Kier molecular flexibility index (Phi) is 16.4. The van der Waals surface area contributed by atoms with E-state index in [0.29, 0.717) is 22.3 Å². The van der Waals surface area contributed by atoms with Crippen LogP contribution in [0.4, 0.5) is 17.6 Å². The van der Waals surface area contributed by atoms with Gasteiger partial charge < -0.3 is 31.1 Å². The highest BCUT2D eigenvalue weighted by molar-refractivity contribution is 6.00. The number of nitrogens with one attached hydrogen (secondary N) is 4. The molecule has 2 aliphatic rings. The van der Waals surface area contributed by atoms with E-state index in [-0.39, 0.29) is 89.2 Å². The van der Waals surface area contributed by atoms with Crippen molar-refractivity contribution in [1.82, 2.24) is 31.1 Å². The summed E-state index contributed by atoms with van der Waals surface area (Å²) in [5.41, 5.74) is 1.96. The van der Waals surface area contributed by atoms with E-state index in [9.17, 15) is 46.3 Å². The van der Waals surface area contributed by atoms with Crippen LogP contribution in [0.25, 0.3) is 0 Å². The lowest BCUT2D eigenvalue weighted by Crippen LogP contribution is -2.42.